The molecule has 4 nitrogen and oxygen atoms in total. The van der Waals surface area contributed by atoms with Gasteiger partial charge in [0.1, 0.15) is 5.75 Å². The molecule has 18 heavy (non-hydrogen) atoms. The first-order chi connectivity index (χ1) is 8.71. The smallest absolute Gasteiger partial charge is 0.307 e. The molecular formula is C14H21NO3. The fraction of sp³-hybridized carbons (Fsp3) is 0.500. The van der Waals surface area contributed by atoms with Gasteiger partial charge in [-0.25, -0.2) is 0 Å². The van der Waals surface area contributed by atoms with Crippen molar-refractivity contribution in [2.24, 2.45) is 0 Å². The summed E-state index contributed by atoms with van der Waals surface area (Å²) < 4.78 is 10.1. The monoisotopic (exact) mass is 251 g/mol. The van der Waals surface area contributed by atoms with Crippen LogP contribution in [0.2, 0.25) is 0 Å². The SMILES string of the molecule is CCNC(CC(=O)OCC)c1ccc(OC)cc1. The van der Waals surface area contributed by atoms with E-state index in [1.54, 1.807) is 7.11 Å². The van der Waals surface area contributed by atoms with Gasteiger partial charge in [-0.2, -0.15) is 0 Å². The third kappa shape index (κ3) is 4.37. The molecule has 0 amide bonds. The largest absolute Gasteiger partial charge is 0.497 e. The Hall–Kier alpha value is -1.55. The third-order valence-electron chi connectivity index (χ3n) is 2.64. The molecule has 0 fully saturated rings. The van der Waals surface area contributed by atoms with Crippen molar-refractivity contribution in [3.05, 3.63) is 29.8 Å². The highest BCUT2D eigenvalue weighted by Gasteiger charge is 2.15. The first kappa shape index (κ1) is 14.5. The van der Waals surface area contributed by atoms with Crippen LogP contribution in [0.4, 0.5) is 0 Å². The molecule has 1 N–H and O–H groups in total. The summed E-state index contributed by atoms with van der Waals surface area (Å²) in [6.07, 6.45) is 0.341. The van der Waals surface area contributed by atoms with Crippen molar-refractivity contribution in [3.8, 4) is 5.75 Å². The molecule has 0 aliphatic rings. The van der Waals surface area contributed by atoms with Gasteiger partial charge in [-0.1, -0.05) is 19.1 Å². The number of carbonyl (C=O) groups excluding carboxylic acids is 1. The van der Waals surface area contributed by atoms with E-state index in [2.05, 4.69) is 5.32 Å². The van der Waals surface area contributed by atoms with Crippen molar-refractivity contribution in [1.82, 2.24) is 5.32 Å². The van der Waals surface area contributed by atoms with E-state index in [-0.39, 0.29) is 12.0 Å². The topological polar surface area (TPSA) is 47.6 Å². The van der Waals surface area contributed by atoms with Gasteiger partial charge in [0.25, 0.3) is 0 Å². The van der Waals surface area contributed by atoms with Gasteiger partial charge < -0.3 is 14.8 Å². The van der Waals surface area contributed by atoms with Crippen molar-refractivity contribution >= 4 is 5.97 Å². The van der Waals surface area contributed by atoms with Crippen LogP contribution in [0.25, 0.3) is 0 Å². The molecule has 1 atom stereocenters. The van der Waals surface area contributed by atoms with Gasteiger partial charge in [-0.15, -0.1) is 0 Å². The zero-order valence-electron chi connectivity index (χ0n) is 11.2. The Balaban J connectivity index is 2.72. The molecule has 0 spiro atoms. The lowest BCUT2D eigenvalue weighted by molar-refractivity contribution is -0.143. The molecule has 0 radical (unpaired) electrons. The first-order valence-corrected chi connectivity index (χ1v) is 6.24. The van der Waals surface area contributed by atoms with Crippen molar-refractivity contribution in [1.29, 1.82) is 0 Å². The first-order valence-electron chi connectivity index (χ1n) is 6.24. The summed E-state index contributed by atoms with van der Waals surface area (Å²) in [5, 5.41) is 3.28. The molecule has 0 bridgehead atoms. The highest BCUT2D eigenvalue weighted by molar-refractivity contribution is 5.70. The van der Waals surface area contributed by atoms with E-state index in [4.69, 9.17) is 9.47 Å². The number of ether oxygens (including phenoxy) is 2. The van der Waals surface area contributed by atoms with E-state index in [0.29, 0.717) is 13.0 Å². The molecule has 0 aromatic heterocycles. The van der Waals surface area contributed by atoms with Crippen LogP contribution in [-0.4, -0.2) is 26.2 Å². The second-order valence-corrected chi connectivity index (χ2v) is 3.89. The number of esters is 1. The average Bonchev–Trinajstić information content (AvgIpc) is 2.39. The highest BCUT2D eigenvalue weighted by atomic mass is 16.5. The number of benzene rings is 1. The highest BCUT2D eigenvalue weighted by Crippen LogP contribution is 2.20. The number of rotatable bonds is 7. The van der Waals surface area contributed by atoms with Gasteiger partial charge >= 0.3 is 5.97 Å². The van der Waals surface area contributed by atoms with Gasteiger partial charge in [-0.05, 0) is 31.2 Å². The van der Waals surface area contributed by atoms with E-state index in [0.717, 1.165) is 17.9 Å². The summed E-state index contributed by atoms with van der Waals surface area (Å²) in [4.78, 5) is 11.5. The summed E-state index contributed by atoms with van der Waals surface area (Å²) in [5.74, 6) is 0.629. The van der Waals surface area contributed by atoms with Gasteiger partial charge in [0, 0.05) is 6.04 Å². The van der Waals surface area contributed by atoms with Gasteiger partial charge in [0.05, 0.1) is 20.1 Å². The lowest BCUT2D eigenvalue weighted by atomic mass is 10.0. The molecule has 1 aromatic rings. The molecule has 1 rings (SSSR count). The predicted molar refractivity (Wildman–Crippen MR) is 70.7 cm³/mol. The Labute approximate surface area is 108 Å². The minimum Gasteiger partial charge on any atom is -0.497 e. The summed E-state index contributed by atoms with van der Waals surface area (Å²) in [6, 6.07) is 7.70. The molecule has 0 saturated heterocycles. The molecule has 4 heteroatoms. The maximum atomic E-state index is 11.5. The molecule has 0 aliphatic carbocycles. The van der Waals surface area contributed by atoms with Crippen molar-refractivity contribution in [3.63, 3.8) is 0 Å². The number of nitrogens with one attached hydrogen (secondary N) is 1. The van der Waals surface area contributed by atoms with Gasteiger partial charge in [0.2, 0.25) is 0 Å². The zero-order chi connectivity index (χ0) is 13.4. The fourth-order valence-electron chi connectivity index (χ4n) is 1.78. The van der Waals surface area contributed by atoms with Crippen LogP contribution in [0.15, 0.2) is 24.3 Å². The fourth-order valence-corrected chi connectivity index (χ4v) is 1.78. The minimum absolute atomic E-state index is 0.0139. The van der Waals surface area contributed by atoms with E-state index >= 15 is 0 Å². The van der Waals surface area contributed by atoms with Gasteiger partial charge in [0.15, 0.2) is 0 Å². The average molecular weight is 251 g/mol. The van der Waals surface area contributed by atoms with Crippen molar-refractivity contribution in [2.75, 3.05) is 20.3 Å². The standard InChI is InChI=1S/C14H21NO3/c1-4-15-13(10-14(16)18-5-2)11-6-8-12(17-3)9-7-11/h6-9,13,15H,4-5,10H2,1-3H3. The van der Waals surface area contributed by atoms with E-state index in [1.807, 2.05) is 38.1 Å². The Morgan fingerprint density at radius 3 is 2.44 bits per heavy atom. The maximum Gasteiger partial charge on any atom is 0.307 e. The van der Waals surface area contributed by atoms with Crippen LogP contribution in [0.3, 0.4) is 0 Å². The number of carbonyl (C=O) groups is 1. The van der Waals surface area contributed by atoms with E-state index < -0.39 is 0 Å². The molecule has 0 heterocycles. The van der Waals surface area contributed by atoms with Crippen LogP contribution >= 0.6 is 0 Å². The van der Waals surface area contributed by atoms with Crippen molar-refractivity contribution in [2.45, 2.75) is 26.3 Å². The van der Waals surface area contributed by atoms with E-state index in [1.165, 1.54) is 0 Å². The van der Waals surface area contributed by atoms with Gasteiger partial charge in [-0.3, -0.25) is 4.79 Å². The molecule has 1 unspecified atom stereocenters. The van der Waals surface area contributed by atoms with Crippen LogP contribution in [0, 0.1) is 0 Å². The predicted octanol–water partition coefficient (Wildman–Crippen LogP) is 2.30. The number of hydrogen-bond acceptors (Lipinski definition) is 4. The van der Waals surface area contributed by atoms with Crippen LogP contribution in [0.5, 0.6) is 5.75 Å². The zero-order valence-corrected chi connectivity index (χ0v) is 11.2. The second-order valence-electron chi connectivity index (χ2n) is 3.89. The van der Waals surface area contributed by atoms with Crippen LogP contribution in [0.1, 0.15) is 31.9 Å². The Bertz CT molecular complexity index is 362. The Morgan fingerprint density at radius 2 is 1.94 bits per heavy atom. The lowest BCUT2D eigenvalue weighted by Gasteiger charge is -2.17. The molecule has 1 aromatic carbocycles. The molecule has 0 aliphatic heterocycles. The number of methoxy groups -OCH3 is 1. The molecule has 100 valence electrons. The summed E-state index contributed by atoms with van der Waals surface area (Å²) in [6.45, 7) is 5.05. The lowest BCUT2D eigenvalue weighted by Crippen LogP contribution is -2.24. The Kier molecular flexibility index (Phi) is 6.22. The van der Waals surface area contributed by atoms with Crippen LogP contribution < -0.4 is 10.1 Å². The quantitative estimate of drug-likeness (QED) is 0.755. The molecule has 0 saturated carbocycles. The second kappa shape index (κ2) is 7.71. The summed E-state index contributed by atoms with van der Waals surface area (Å²) >= 11 is 0. The third-order valence-corrected chi connectivity index (χ3v) is 2.64. The van der Waals surface area contributed by atoms with Crippen molar-refractivity contribution < 1.29 is 14.3 Å². The van der Waals surface area contributed by atoms with Crippen LogP contribution in [-0.2, 0) is 9.53 Å². The summed E-state index contributed by atoms with van der Waals surface area (Å²) in [5.41, 5.74) is 1.06. The maximum absolute atomic E-state index is 11.5. The van der Waals surface area contributed by atoms with E-state index in [9.17, 15) is 4.79 Å². The normalized spacial score (nSPS) is 11.9. The minimum atomic E-state index is -0.181. The Morgan fingerprint density at radius 1 is 1.28 bits per heavy atom. The molecular weight excluding hydrogens is 230 g/mol. The summed E-state index contributed by atoms with van der Waals surface area (Å²) in [7, 11) is 1.63. The number of hydrogen-bond donors (Lipinski definition) is 1.